The van der Waals surface area contributed by atoms with Crippen molar-refractivity contribution in [3.63, 3.8) is 0 Å². The number of nitrogens with zero attached hydrogens (tertiary/aromatic N) is 1. The van der Waals surface area contributed by atoms with E-state index in [4.69, 9.17) is 0 Å². The Bertz CT molecular complexity index is 193. The number of rotatable bonds is 1. The van der Waals surface area contributed by atoms with Gasteiger partial charge in [-0.2, -0.15) is 0 Å². The standard InChI is InChI=1S/C11H20N2.C2H6/c1-10-4-8-13(9-5-10)11-2-6-12-7-3-11;1-2/h4,11-12H,2-3,5-9H2,1H3;1-2H3. The van der Waals surface area contributed by atoms with Crippen LogP contribution in [0.3, 0.4) is 0 Å². The SMILES string of the molecule is CC.CC1=CCN(C2CCNCC2)CC1. The Labute approximate surface area is 94.7 Å². The van der Waals surface area contributed by atoms with E-state index in [9.17, 15) is 0 Å². The zero-order chi connectivity index (χ0) is 11.1. The minimum Gasteiger partial charge on any atom is -0.317 e. The molecule has 0 saturated carbocycles. The highest BCUT2D eigenvalue weighted by Crippen LogP contribution is 2.17. The van der Waals surface area contributed by atoms with E-state index >= 15 is 0 Å². The zero-order valence-electron chi connectivity index (χ0n) is 10.6. The van der Waals surface area contributed by atoms with Gasteiger partial charge < -0.3 is 5.32 Å². The van der Waals surface area contributed by atoms with Crippen LogP contribution in [0.1, 0.15) is 40.0 Å². The molecule has 0 aliphatic carbocycles. The molecule has 1 N–H and O–H groups in total. The normalized spacial score (nSPS) is 24.1. The molecule has 0 bridgehead atoms. The minimum atomic E-state index is 0.852. The average Bonchev–Trinajstić information content (AvgIpc) is 2.34. The van der Waals surface area contributed by atoms with Crippen LogP contribution in [-0.4, -0.2) is 37.1 Å². The lowest BCUT2D eigenvalue weighted by Gasteiger charge is -2.36. The molecule has 2 nitrogen and oxygen atoms in total. The second-order valence-corrected chi connectivity index (χ2v) is 4.28. The second kappa shape index (κ2) is 7.02. The van der Waals surface area contributed by atoms with Crippen molar-refractivity contribution in [2.24, 2.45) is 0 Å². The molecule has 0 atom stereocenters. The van der Waals surface area contributed by atoms with Crippen LogP contribution in [0.15, 0.2) is 11.6 Å². The quantitative estimate of drug-likeness (QED) is 0.669. The summed E-state index contributed by atoms with van der Waals surface area (Å²) in [6.07, 6.45) is 6.36. The maximum Gasteiger partial charge on any atom is 0.0168 e. The number of hydrogen-bond donors (Lipinski definition) is 1. The molecule has 0 amide bonds. The molecule has 0 aromatic carbocycles. The van der Waals surface area contributed by atoms with Gasteiger partial charge in [-0.3, -0.25) is 4.90 Å². The van der Waals surface area contributed by atoms with Crippen LogP contribution < -0.4 is 5.32 Å². The van der Waals surface area contributed by atoms with E-state index in [1.165, 1.54) is 45.4 Å². The van der Waals surface area contributed by atoms with Gasteiger partial charge in [-0.25, -0.2) is 0 Å². The summed E-state index contributed by atoms with van der Waals surface area (Å²) in [5.41, 5.74) is 1.57. The Kier molecular flexibility index (Phi) is 5.96. The van der Waals surface area contributed by atoms with Gasteiger partial charge in [0, 0.05) is 19.1 Å². The molecule has 88 valence electrons. The summed E-state index contributed by atoms with van der Waals surface area (Å²) in [5, 5.41) is 3.42. The number of hydrogen-bond acceptors (Lipinski definition) is 2. The molecule has 2 aliphatic heterocycles. The molecular formula is C13H26N2. The van der Waals surface area contributed by atoms with E-state index in [0.717, 1.165) is 6.04 Å². The zero-order valence-corrected chi connectivity index (χ0v) is 10.6. The summed E-state index contributed by atoms with van der Waals surface area (Å²) in [6.45, 7) is 11.1. The lowest BCUT2D eigenvalue weighted by Crippen LogP contribution is -2.44. The van der Waals surface area contributed by atoms with Crippen molar-refractivity contribution in [1.82, 2.24) is 10.2 Å². The number of piperidine rings is 1. The van der Waals surface area contributed by atoms with Crippen LogP contribution >= 0.6 is 0 Å². The highest BCUT2D eigenvalue weighted by Gasteiger charge is 2.21. The molecule has 0 radical (unpaired) electrons. The van der Waals surface area contributed by atoms with Crippen molar-refractivity contribution < 1.29 is 0 Å². The molecule has 0 unspecified atom stereocenters. The van der Waals surface area contributed by atoms with Gasteiger partial charge in [0.2, 0.25) is 0 Å². The monoisotopic (exact) mass is 210 g/mol. The molecule has 15 heavy (non-hydrogen) atoms. The Hall–Kier alpha value is -0.340. The molecule has 2 heteroatoms. The largest absolute Gasteiger partial charge is 0.317 e. The van der Waals surface area contributed by atoms with Crippen molar-refractivity contribution in [2.75, 3.05) is 26.2 Å². The predicted octanol–water partition coefficient (Wildman–Crippen LogP) is 2.42. The minimum absolute atomic E-state index is 0.852. The summed E-state index contributed by atoms with van der Waals surface area (Å²) in [5.74, 6) is 0. The van der Waals surface area contributed by atoms with Gasteiger partial charge >= 0.3 is 0 Å². The third kappa shape index (κ3) is 3.96. The first-order chi connectivity index (χ1) is 7.36. The molecule has 2 aliphatic rings. The van der Waals surface area contributed by atoms with E-state index < -0.39 is 0 Å². The molecule has 0 aromatic heterocycles. The van der Waals surface area contributed by atoms with Crippen LogP contribution in [0.25, 0.3) is 0 Å². The van der Waals surface area contributed by atoms with E-state index in [-0.39, 0.29) is 0 Å². The maximum absolute atomic E-state index is 3.42. The van der Waals surface area contributed by atoms with Gasteiger partial charge in [-0.15, -0.1) is 0 Å². The van der Waals surface area contributed by atoms with Crippen molar-refractivity contribution in [3.05, 3.63) is 11.6 Å². The third-order valence-electron chi connectivity index (χ3n) is 3.29. The van der Waals surface area contributed by atoms with Crippen molar-refractivity contribution in [2.45, 2.75) is 46.1 Å². The van der Waals surface area contributed by atoms with Crippen LogP contribution in [0.5, 0.6) is 0 Å². The molecule has 0 aromatic rings. The van der Waals surface area contributed by atoms with Crippen molar-refractivity contribution in [3.8, 4) is 0 Å². The molecule has 0 spiro atoms. The molecular weight excluding hydrogens is 184 g/mol. The Morgan fingerprint density at radius 3 is 2.47 bits per heavy atom. The fraction of sp³-hybridized carbons (Fsp3) is 0.846. The van der Waals surface area contributed by atoms with E-state index in [1.807, 2.05) is 13.8 Å². The average molecular weight is 210 g/mol. The van der Waals surface area contributed by atoms with Gasteiger partial charge in [0.05, 0.1) is 0 Å². The van der Waals surface area contributed by atoms with Gasteiger partial charge in [0.25, 0.3) is 0 Å². The van der Waals surface area contributed by atoms with Crippen LogP contribution in [-0.2, 0) is 0 Å². The van der Waals surface area contributed by atoms with Crippen molar-refractivity contribution in [1.29, 1.82) is 0 Å². The van der Waals surface area contributed by atoms with E-state index in [2.05, 4.69) is 23.2 Å². The Balaban J connectivity index is 0.000000531. The summed E-state index contributed by atoms with van der Waals surface area (Å²) in [7, 11) is 0. The molecule has 2 rings (SSSR count). The summed E-state index contributed by atoms with van der Waals surface area (Å²) < 4.78 is 0. The first-order valence-corrected chi connectivity index (χ1v) is 6.46. The topological polar surface area (TPSA) is 15.3 Å². The Morgan fingerprint density at radius 1 is 1.27 bits per heavy atom. The van der Waals surface area contributed by atoms with Gasteiger partial charge in [-0.05, 0) is 39.3 Å². The Morgan fingerprint density at radius 2 is 1.93 bits per heavy atom. The van der Waals surface area contributed by atoms with E-state index in [0.29, 0.717) is 0 Å². The summed E-state index contributed by atoms with van der Waals surface area (Å²) in [4.78, 5) is 2.65. The maximum atomic E-state index is 3.42. The summed E-state index contributed by atoms with van der Waals surface area (Å²) >= 11 is 0. The molecule has 1 saturated heterocycles. The highest BCUT2D eigenvalue weighted by molar-refractivity contribution is 5.04. The van der Waals surface area contributed by atoms with Gasteiger partial charge in [0.1, 0.15) is 0 Å². The lowest BCUT2D eigenvalue weighted by molar-refractivity contribution is 0.174. The molecule has 1 fully saturated rings. The second-order valence-electron chi connectivity index (χ2n) is 4.28. The fourth-order valence-corrected chi connectivity index (χ4v) is 2.29. The number of nitrogens with one attached hydrogen (secondary N) is 1. The van der Waals surface area contributed by atoms with Crippen LogP contribution in [0.4, 0.5) is 0 Å². The predicted molar refractivity (Wildman–Crippen MR) is 67.2 cm³/mol. The third-order valence-corrected chi connectivity index (χ3v) is 3.29. The van der Waals surface area contributed by atoms with E-state index in [1.54, 1.807) is 5.57 Å². The fourth-order valence-electron chi connectivity index (χ4n) is 2.29. The van der Waals surface area contributed by atoms with Crippen LogP contribution in [0, 0.1) is 0 Å². The van der Waals surface area contributed by atoms with Crippen molar-refractivity contribution >= 4 is 0 Å². The molecule has 2 heterocycles. The summed E-state index contributed by atoms with van der Waals surface area (Å²) in [6, 6.07) is 0.852. The van der Waals surface area contributed by atoms with Crippen LogP contribution in [0.2, 0.25) is 0 Å². The van der Waals surface area contributed by atoms with Gasteiger partial charge in [0.15, 0.2) is 0 Å². The highest BCUT2D eigenvalue weighted by atomic mass is 15.2. The first-order valence-electron chi connectivity index (χ1n) is 6.46. The smallest absolute Gasteiger partial charge is 0.0168 e. The lowest BCUT2D eigenvalue weighted by atomic mass is 10.0. The van der Waals surface area contributed by atoms with Gasteiger partial charge in [-0.1, -0.05) is 25.5 Å². The first kappa shape index (κ1) is 12.7.